The molecule has 0 fully saturated rings. The Morgan fingerprint density at radius 3 is 2.62 bits per heavy atom. The van der Waals surface area contributed by atoms with Crippen LogP contribution in [-0.4, -0.2) is 28.8 Å². The Morgan fingerprint density at radius 1 is 1.04 bits per heavy atom. The highest BCUT2D eigenvalue weighted by Gasteiger charge is 2.16. The smallest absolute Gasteiger partial charge is 0.128 e. The van der Waals surface area contributed by atoms with Gasteiger partial charge in [-0.25, -0.2) is 9.97 Å². The summed E-state index contributed by atoms with van der Waals surface area (Å²) in [5.74, 6) is 1.45. The second-order valence-electron chi connectivity index (χ2n) is 5.10. The van der Waals surface area contributed by atoms with Crippen molar-refractivity contribution in [3.05, 3.63) is 55.0 Å². The fourth-order valence-electron chi connectivity index (χ4n) is 2.58. The van der Waals surface area contributed by atoms with Crippen LogP contribution in [0.5, 0.6) is 17.2 Å². The fraction of sp³-hybridized carbons (Fsp3) is 0.158. The molecule has 2 aromatic carbocycles. The SMILES string of the molecule is CCOc1ccc(-c2ncncc2-c2ccccc2OC)c(O)c1. The Morgan fingerprint density at radius 2 is 1.88 bits per heavy atom. The number of rotatable bonds is 5. The van der Waals surface area contributed by atoms with Crippen LogP contribution in [0.3, 0.4) is 0 Å². The summed E-state index contributed by atoms with van der Waals surface area (Å²) in [6, 6.07) is 12.8. The summed E-state index contributed by atoms with van der Waals surface area (Å²) < 4.78 is 10.9. The number of aromatic nitrogens is 2. The van der Waals surface area contributed by atoms with Crippen molar-refractivity contribution in [2.45, 2.75) is 6.92 Å². The molecule has 0 aliphatic carbocycles. The second kappa shape index (κ2) is 7.00. The van der Waals surface area contributed by atoms with Crippen molar-refractivity contribution < 1.29 is 14.6 Å². The van der Waals surface area contributed by atoms with Crippen LogP contribution in [-0.2, 0) is 0 Å². The van der Waals surface area contributed by atoms with Gasteiger partial charge >= 0.3 is 0 Å². The number of methoxy groups -OCH3 is 1. The highest BCUT2D eigenvalue weighted by Crippen LogP contribution is 2.39. The van der Waals surface area contributed by atoms with Gasteiger partial charge in [0.15, 0.2) is 0 Å². The van der Waals surface area contributed by atoms with E-state index >= 15 is 0 Å². The molecule has 5 heteroatoms. The molecule has 0 radical (unpaired) electrons. The predicted molar refractivity (Wildman–Crippen MR) is 92.3 cm³/mol. The highest BCUT2D eigenvalue weighted by atomic mass is 16.5. The zero-order valence-corrected chi connectivity index (χ0v) is 13.6. The van der Waals surface area contributed by atoms with Crippen molar-refractivity contribution in [1.29, 1.82) is 0 Å². The van der Waals surface area contributed by atoms with E-state index in [0.717, 1.165) is 16.9 Å². The lowest BCUT2D eigenvalue weighted by Gasteiger charge is -2.13. The first kappa shape index (κ1) is 15.8. The molecular formula is C19H18N2O3. The van der Waals surface area contributed by atoms with Gasteiger partial charge in [0.2, 0.25) is 0 Å². The van der Waals surface area contributed by atoms with E-state index in [1.807, 2.05) is 37.3 Å². The number of phenols is 1. The Kier molecular flexibility index (Phi) is 4.61. The first-order valence-corrected chi connectivity index (χ1v) is 7.64. The quantitative estimate of drug-likeness (QED) is 0.771. The Labute approximate surface area is 140 Å². The summed E-state index contributed by atoms with van der Waals surface area (Å²) in [6.45, 7) is 2.44. The number of phenolic OH excluding ortho intramolecular Hbond substituents is 1. The van der Waals surface area contributed by atoms with Crippen LogP contribution in [0.15, 0.2) is 55.0 Å². The summed E-state index contributed by atoms with van der Waals surface area (Å²) >= 11 is 0. The van der Waals surface area contributed by atoms with Gasteiger partial charge in [-0.3, -0.25) is 0 Å². The molecule has 0 aliphatic heterocycles. The van der Waals surface area contributed by atoms with Crippen LogP contribution in [0.2, 0.25) is 0 Å². The molecule has 3 rings (SSSR count). The molecule has 24 heavy (non-hydrogen) atoms. The molecule has 0 unspecified atom stereocenters. The number of para-hydroxylation sites is 1. The number of ether oxygens (including phenoxy) is 2. The van der Waals surface area contributed by atoms with E-state index in [0.29, 0.717) is 23.6 Å². The molecule has 0 aliphatic rings. The summed E-state index contributed by atoms with van der Waals surface area (Å²) in [5, 5.41) is 10.4. The van der Waals surface area contributed by atoms with Gasteiger partial charge in [-0.15, -0.1) is 0 Å². The normalized spacial score (nSPS) is 10.4. The third kappa shape index (κ3) is 3.01. The first-order chi connectivity index (χ1) is 11.7. The molecule has 0 saturated carbocycles. The van der Waals surface area contributed by atoms with Crippen molar-refractivity contribution in [2.24, 2.45) is 0 Å². The van der Waals surface area contributed by atoms with Gasteiger partial charge in [0.25, 0.3) is 0 Å². The predicted octanol–water partition coefficient (Wildman–Crippen LogP) is 3.92. The van der Waals surface area contributed by atoms with Gasteiger partial charge in [0.1, 0.15) is 23.6 Å². The van der Waals surface area contributed by atoms with Crippen molar-refractivity contribution in [3.63, 3.8) is 0 Å². The summed E-state index contributed by atoms with van der Waals surface area (Å²) in [4.78, 5) is 8.50. The van der Waals surface area contributed by atoms with Gasteiger partial charge in [-0.05, 0) is 25.1 Å². The van der Waals surface area contributed by atoms with Crippen molar-refractivity contribution in [3.8, 4) is 39.6 Å². The van der Waals surface area contributed by atoms with Crippen LogP contribution < -0.4 is 9.47 Å². The molecule has 122 valence electrons. The number of hydrogen-bond acceptors (Lipinski definition) is 5. The Bertz CT molecular complexity index is 850. The van der Waals surface area contributed by atoms with Gasteiger partial charge in [-0.1, -0.05) is 18.2 Å². The maximum Gasteiger partial charge on any atom is 0.128 e. The average molecular weight is 322 g/mol. The number of aromatic hydroxyl groups is 1. The molecule has 1 N–H and O–H groups in total. The third-order valence-corrected chi connectivity index (χ3v) is 3.64. The molecule has 5 nitrogen and oxygen atoms in total. The van der Waals surface area contributed by atoms with Crippen molar-refractivity contribution >= 4 is 0 Å². The molecule has 0 saturated heterocycles. The van der Waals surface area contributed by atoms with E-state index < -0.39 is 0 Å². The number of benzene rings is 2. The zero-order chi connectivity index (χ0) is 16.9. The molecular weight excluding hydrogens is 304 g/mol. The molecule has 1 heterocycles. The Balaban J connectivity index is 2.14. The summed E-state index contributed by atoms with van der Waals surface area (Å²) in [5.41, 5.74) is 2.90. The van der Waals surface area contributed by atoms with E-state index in [9.17, 15) is 5.11 Å². The van der Waals surface area contributed by atoms with E-state index in [1.54, 1.807) is 25.4 Å². The van der Waals surface area contributed by atoms with Crippen LogP contribution >= 0.6 is 0 Å². The molecule has 0 atom stereocenters. The van der Waals surface area contributed by atoms with Gasteiger partial charge in [0, 0.05) is 29.0 Å². The minimum atomic E-state index is 0.107. The van der Waals surface area contributed by atoms with Crippen LogP contribution in [0.1, 0.15) is 6.92 Å². The van der Waals surface area contributed by atoms with Gasteiger partial charge in [0.05, 0.1) is 19.4 Å². The zero-order valence-electron chi connectivity index (χ0n) is 13.6. The summed E-state index contributed by atoms with van der Waals surface area (Å²) in [7, 11) is 1.62. The molecule has 0 spiro atoms. The third-order valence-electron chi connectivity index (χ3n) is 3.64. The number of nitrogens with zero attached hydrogens (tertiary/aromatic N) is 2. The van der Waals surface area contributed by atoms with E-state index in [-0.39, 0.29) is 5.75 Å². The monoisotopic (exact) mass is 322 g/mol. The molecule has 0 amide bonds. The van der Waals surface area contributed by atoms with Crippen LogP contribution in [0.4, 0.5) is 0 Å². The van der Waals surface area contributed by atoms with E-state index in [4.69, 9.17) is 9.47 Å². The Hall–Kier alpha value is -3.08. The summed E-state index contributed by atoms with van der Waals surface area (Å²) in [6.07, 6.45) is 3.18. The van der Waals surface area contributed by atoms with Crippen molar-refractivity contribution in [1.82, 2.24) is 9.97 Å². The maximum absolute atomic E-state index is 10.4. The van der Waals surface area contributed by atoms with Gasteiger partial charge in [-0.2, -0.15) is 0 Å². The minimum absolute atomic E-state index is 0.107. The lowest BCUT2D eigenvalue weighted by molar-refractivity contribution is 0.338. The van der Waals surface area contributed by atoms with Crippen LogP contribution in [0.25, 0.3) is 22.4 Å². The molecule has 1 aromatic heterocycles. The van der Waals surface area contributed by atoms with E-state index in [2.05, 4.69) is 9.97 Å². The van der Waals surface area contributed by atoms with Gasteiger partial charge < -0.3 is 14.6 Å². The molecule has 0 bridgehead atoms. The fourth-order valence-corrected chi connectivity index (χ4v) is 2.58. The lowest BCUT2D eigenvalue weighted by Crippen LogP contribution is -1.95. The first-order valence-electron chi connectivity index (χ1n) is 7.64. The average Bonchev–Trinajstić information content (AvgIpc) is 2.62. The highest BCUT2D eigenvalue weighted by molar-refractivity contribution is 5.85. The standard InChI is InChI=1S/C19H18N2O3/c1-3-24-13-8-9-15(17(22)10-13)19-16(11-20-12-21-19)14-6-4-5-7-18(14)23-2/h4-12,22H,3H2,1-2H3. The molecule has 3 aromatic rings. The van der Waals surface area contributed by atoms with E-state index in [1.165, 1.54) is 6.33 Å². The van der Waals surface area contributed by atoms with Crippen LogP contribution in [0, 0.1) is 0 Å². The number of hydrogen-bond donors (Lipinski definition) is 1. The minimum Gasteiger partial charge on any atom is -0.507 e. The largest absolute Gasteiger partial charge is 0.507 e. The van der Waals surface area contributed by atoms with Crippen molar-refractivity contribution in [2.75, 3.05) is 13.7 Å². The maximum atomic E-state index is 10.4. The lowest BCUT2D eigenvalue weighted by atomic mass is 9.99. The topological polar surface area (TPSA) is 64.5 Å². The second-order valence-corrected chi connectivity index (χ2v) is 5.10.